The van der Waals surface area contributed by atoms with E-state index in [-0.39, 0.29) is 6.04 Å². The first-order valence-corrected chi connectivity index (χ1v) is 4.94. The Hall–Kier alpha value is -0.820. The van der Waals surface area contributed by atoms with Crippen LogP contribution in [0.5, 0.6) is 0 Å². The number of rotatable bonds is 3. The van der Waals surface area contributed by atoms with Crippen LogP contribution < -0.4 is 5.73 Å². The molecule has 0 heterocycles. The summed E-state index contributed by atoms with van der Waals surface area (Å²) < 4.78 is 0. The van der Waals surface area contributed by atoms with Crippen molar-refractivity contribution in [3.8, 4) is 0 Å². The van der Waals surface area contributed by atoms with Gasteiger partial charge < -0.3 is 5.73 Å². The van der Waals surface area contributed by atoms with Crippen LogP contribution in [0.4, 0.5) is 0 Å². The summed E-state index contributed by atoms with van der Waals surface area (Å²) in [5.41, 5.74) is 8.50. The lowest BCUT2D eigenvalue weighted by atomic mass is 9.98. The average molecular weight is 177 g/mol. The van der Waals surface area contributed by atoms with Crippen molar-refractivity contribution in [3.05, 3.63) is 35.4 Å². The molecule has 0 amide bonds. The van der Waals surface area contributed by atoms with Crippen LogP contribution in [-0.2, 0) is 6.42 Å². The van der Waals surface area contributed by atoms with Gasteiger partial charge in [0.25, 0.3) is 0 Å². The first-order chi connectivity index (χ1) is 6.09. The monoisotopic (exact) mass is 177 g/mol. The maximum absolute atomic E-state index is 5.75. The van der Waals surface area contributed by atoms with Gasteiger partial charge in [-0.05, 0) is 30.4 Å². The highest BCUT2D eigenvalue weighted by Crippen LogP contribution is 2.16. The van der Waals surface area contributed by atoms with Gasteiger partial charge in [-0.2, -0.15) is 0 Å². The second-order valence-electron chi connectivity index (χ2n) is 4.08. The van der Waals surface area contributed by atoms with Crippen LogP contribution in [0.25, 0.3) is 0 Å². The Labute approximate surface area is 81.0 Å². The zero-order valence-corrected chi connectivity index (χ0v) is 8.75. The lowest BCUT2D eigenvalue weighted by Gasteiger charge is -2.09. The molecule has 1 atom stereocenters. The molecular formula is C12H19N. The van der Waals surface area contributed by atoms with E-state index in [4.69, 9.17) is 5.73 Å². The van der Waals surface area contributed by atoms with Crippen LogP contribution in [0.3, 0.4) is 0 Å². The van der Waals surface area contributed by atoms with E-state index in [1.165, 1.54) is 11.1 Å². The van der Waals surface area contributed by atoms with Gasteiger partial charge >= 0.3 is 0 Å². The third-order valence-electron chi connectivity index (χ3n) is 2.18. The molecule has 0 saturated carbocycles. The number of hydrogen-bond donors (Lipinski definition) is 1. The molecule has 1 aromatic carbocycles. The van der Waals surface area contributed by atoms with Gasteiger partial charge in [0.05, 0.1) is 0 Å². The fourth-order valence-electron chi connectivity index (χ4n) is 1.45. The van der Waals surface area contributed by atoms with E-state index in [0.29, 0.717) is 5.92 Å². The van der Waals surface area contributed by atoms with Crippen molar-refractivity contribution in [2.75, 3.05) is 0 Å². The van der Waals surface area contributed by atoms with Gasteiger partial charge in [-0.1, -0.05) is 38.1 Å². The minimum Gasteiger partial charge on any atom is -0.328 e. The van der Waals surface area contributed by atoms with E-state index in [2.05, 4.69) is 38.1 Å². The fourth-order valence-corrected chi connectivity index (χ4v) is 1.45. The molecule has 0 saturated heterocycles. The van der Waals surface area contributed by atoms with Crippen molar-refractivity contribution in [3.63, 3.8) is 0 Å². The molecule has 1 heteroatoms. The Bertz CT molecular complexity index is 264. The quantitative estimate of drug-likeness (QED) is 0.754. The van der Waals surface area contributed by atoms with E-state index in [9.17, 15) is 0 Å². The van der Waals surface area contributed by atoms with E-state index in [1.54, 1.807) is 0 Å². The molecule has 1 nitrogen and oxygen atoms in total. The molecule has 0 unspecified atom stereocenters. The van der Waals surface area contributed by atoms with Crippen LogP contribution in [0.15, 0.2) is 24.3 Å². The molecule has 0 fully saturated rings. The third-order valence-corrected chi connectivity index (χ3v) is 2.18. The lowest BCUT2D eigenvalue weighted by molar-refractivity contribution is 0.735. The summed E-state index contributed by atoms with van der Waals surface area (Å²) in [5.74, 6) is 0.605. The minimum atomic E-state index is 0.252. The second-order valence-corrected chi connectivity index (χ2v) is 4.08. The molecule has 0 aromatic heterocycles. The molecule has 0 aliphatic carbocycles. The van der Waals surface area contributed by atoms with Crippen LogP contribution in [0, 0.1) is 0 Å². The van der Waals surface area contributed by atoms with E-state index in [0.717, 1.165) is 6.42 Å². The molecular weight excluding hydrogens is 158 g/mol. The smallest absolute Gasteiger partial charge is 0.00509 e. The molecule has 0 aliphatic rings. The van der Waals surface area contributed by atoms with Gasteiger partial charge in [-0.15, -0.1) is 0 Å². The first-order valence-electron chi connectivity index (χ1n) is 4.94. The highest BCUT2D eigenvalue weighted by Gasteiger charge is 2.01. The van der Waals surface area contributed by atoms with Crippen molar-refractivity contribution < 1.29 is 0 Å². The zero-order valence-electron chi connectivity index (χ0n) is 8.75. The van der Waals surface area contributed by atoms with Crippen molar-refractivity contribution in [2.24, 2.45) is 5.73 Å². The van der Waals surface area contributed by atoms with E-state index in [1.807, 2.05) is 6.92 Å². The van der Waals surface area contributed by atoms with Gasteiger partial charge in [0.1, 0.15) is 0 Å². The maximum Gasteiger partial charge on any atom is 0.00509 e. The maximum atomic E-state index is 5.75. The minimum absolute atomic E-state index is 0.252. The summed E-state index contributed by atoms with van der Waals surface area (Å²) in [6.07, 6.45) is 0.973. The number of nitrogens with two attached hydrogens (primary N) is 1. The van der Waals surface area contributed by atoms with Crippen molar-refractivity contribution >= 4 is 0 Å². The van der Waals surface area contributed by atoms with Crippen LogP contribution in [0.1, 0.15) is 37.8 Å². The molecule has 72 valence electrons. The Morgan fingerprint density at radius 1 is 1.23 bits per heavy atom. The predicted octanol–water partition coefficient (Wildman–Crippen LogP) is 2.70. The Morgan fingerprint density at radius 3 is 2.46 bits per heavy atom. The molecule has 0 radical (unpaired) electrons. The summed E-state index contributed by atoms with van der Waals surface area (Å²) in [7, 11) is 0. The van der Waals surface area contributed by atoms with Crippen LogP contribution in [0.2, 0.25) is 0 Å². The van der Waals surface area contributed by atoms with Gasteiger partial charge in [0.15, 0.2) is 0 Å². The van der Waals surface area contributed by atoms with Crippen LogP contribution in [-0.4, -0.2) is 6.04 Å². The van der Waals surface area contributed by atoms with E-state index >= 15 is 0 Å². The molecule has 13 heavy (non-hydrogen) atoms. The van der Waals surface area contributed by atoms with Gasteiger partial charge in [-0.3, -0.25) is 0 Å². The second kappa shape index (κ2) is 4.43. The largest absolute Gasteiger partial charge is 0.328 e. The Kier molecular flexibility index (Phi) is 3.49. The summed E-state index contributed by atoms with van der Waals surface area (Å²) in [6, 6.07) is 8.95. The zero-order chi connectivity index (χ0) is 9.84. The average Bonchev–Trinajstić information content (AvgIpc) is 2.03. The Balaban J connectivity index is 2.79. The predicted molar refractivity (Wildman–Crippen MR) is 57.9 cm³/mol. The van der Waals surface area contributed by atoms with Gasteiger partial charge in [-0.25, -0.2) is 0 Å². The summed E-state index contributed by atoms with van der Waals surface area (Å²) in [6.45, 7) is 6.47. The van der Waals surface area contributed by atoms with Crippen molar-refractivity contribution in [2.45, 2.75) is 39.2 Å². The first kappa shape index (κ1) is 10.3. The molecule has 0 aliphatic heterocycles. The molecule has 2 N–H and O–H groups in total. The molecule has 1 aromatic rings. The van der Waals surface area contributed by atoms with Crippen molar-refractivity contribution in [1.29, 1.82) is 0 Å². The fraction of sp³-hybridized carbons (Fsp3) is 0.500. The Morgan fingerprint density at radius 2 is 1.92 bits per heavy atom. The number of hydrogen-bond acceptors (Lipinski definition) is 1. The van der Waals surface area contributed by atoms with Crippen molar-refractivity contribution in [1.82, 2.24) is 0 Å². The summed E-state index contributed by atoms with van der Waals surface area (Å²) >= 11 is 0. The van der Waals surface area contributed by atoms with E-state index < -0.39 is 0 Å². The van der Waals surface area contributed by atoms with Crippen LogP contribution >= 0.6 is 0 Å². The molecule has 1 rings (SSSR count). The topological polar surface area (TPSA) is 26.0 Å². The highest BCUT2D eigenvalue weighted by atomic mass is 14.6. The highest BCUT2D eigenvalue weighted by molar-refractivity contribution is 5.26. The third kappa shape index (κ3) is 3.19. The lowest BCUT2D eigenvalue weighted by Crippen LogP contribution is -2.17. The standard InChI is InChI=1S/C12H19N/c1-9(2)12-6-4-5-11(8-12)7-10(3)13/h4-6,8-10H,7,13H2,1-3H3/t10-/m1/s1. The summed E-state index contributed by atoms with van der Waals surface area (Å²) in [5, 5.41) is 0. The molecule has 0 spiro atoms. The van der Waals surface area contributed by atoms with Gasteiger partial charge in [0, 0.05) is 6.04 Å². The SMILES string of the molecule is CC(C)c1cccc(C[C@@H](C)N)c1. The summed E-state index contributed by atoms with van der Waals surface area (Å²) in [4.78, 5) is 0. The number of benzene rings is 1. The normalized spacial score (nSPS) is 13.3. The molecule has 0 bridgehead atoms. The van der Waals surface area contributed by atoms with Gasteiger partial charge in [0.2, 0.25) is 0 Å².